The van der Waals surface area contributed by atoms with E-state index in [2.05, 4.69) is 31.1 Å². The largest absolute Gasteiger partial charge is 0.341 e. The van der Waals surface area contributed by atoms with Crippen molar-refractivity contribution in [3.05, 3.63) is 41.7 Å². The third-order valence-corrected chi connectivity index (χ3v) is 5.70. The quantitative estimate of drug-likeness (QED) is 0.453. The van der Waals surface area contributed by atoms with Gasteiger partial charge in [0.05, 0.1) is 12.0 Å². The highest BCUT2D eigenvalue weighted by Crippen LogP contribution is 2.44. The van der Waals surface area contributed by atoms with Gasteiger partial charge in [-0.15, -0.1) is 0 Å². The molecule has 5 rings (SSSR count). The molecule has 0 unspecified atom stereocenters. The number of imidazole rings is 1. The molecule has 184 valence electrons. The number of nitrogens with zero attached hydrogens (tertiary/aromatic N) is 4. The highest BCUT2D eigenvalue weighted by molar-refractivity contribution is 6.30. The molecule has 3 aromatic rings. The molecule has 2 aromatic heterocycles. The van der Waals surface area contributed by atoms with Gasteiger partial charge in [-0.1, -0.05) is 11.6 Å². The third-order valence-electron chi connectivity index (χ3n) is 5.47. The monoisotopic (exact) mass is 505 g/mol. The lowest BCUT2D eigenvalue weighted by Gasteiger charge is -2.24. The van der Waals surface area contributed by atoms with Crippen molar-refractivity contribution in [2.24, 2.45) is 0 Å². The number of nitrogens with one attached hydrogen (secondary N) is 3. The number of fused-ring (bicyclic) bond motifs is 2. The number of amides is 2. The third kappa shape index (κ3) is 4.38. The molecule has 2 fully saturated rings. The van der Waals surface area contributed by atoms with Crippen molar-refractivity contribution in [2.75, 3.05) is 5.32 Å². The number of ether oxygens (including phenoxy) is 3. The lowest BCUT2D eigenvalue weighted by Crippen LogP contribution is -2.49. The van der Waals surface area contributed by atoms with Gasteiger partial charge >= 0.3 is 0 Å². The van der Waals surface area contributed by atoms with Crippen LogP contribution in [0.2, 0.25) is 5.02 Å². The average molecular weight is 506 g/mol. The zero-order chi connectivity index (χ0) is 24.9. The van der Waals surface area contributed by atoms with Crippen molar-refractivity contribution in [1.82, 2.24) is 30.4 Å². The molecule has 2 saturated heterocycles. The molecule has 0 spiro atoms. The van der Waals surface area contributed by atoms with Gasteiger partial charge in [0.2, 0.25) is 5.91 Å². The molecule has 0 radical (unpaired) electrons. The molecule has 14 heteroatoms. The van der Waals surface area contributed by atoms with Gasteiger partial charge in [-0.05, 0) is 32.0 Å². The van der Waals surface area contributed by atoms with Crippen molar-refractivity contribution in [2.45, 2.75) is 51.1 Å². The lowest BCUT2D eigenvalue weighted by atomic mass is 10.1. The van der Waals surface area contributed by atoms with Crippen LogP contribution in [0.5, 0.6) is 0 Å². The number of halogens is 2. The predicted octanol–water partition coefficient (Wildman–Crippen LogP) is 1.95. The van der Waals surface area contributed by atoms with E-state index < -0.39 is 48.0 Å². The van der Waals surface area contributed by atoms with Crippen LogP contribution < -0.4 is 16.2 Å². The zero-order valence-corrected chi connectivity index (χ0v) is 19.5. The molecule has 12 nitrogen and oxygen atoms in total. The second-order valence-corrected chi connectivity index (χ2v) is 8.91. The molecular weight excluding hydrogens is 485 g/mol. The molecule has 4 heterocycles. The van der Waals surface area contributed by atoms with Gasteiger partial charge < -0.3 is 19.5 Å². The zero-order valence-electron chi connectivity index (χ0n) is 18.8. The Morgan fingerprint density at radius 2 is 1.91 bits per heavy atom. The molecule has 35 heavy (non-hydrogen) atoms. The van der Waals surface area contributed by atoms with Crippen LogP contribution in [-0.4, -0.2) is 55.4 Å². The number of hydrogen-bond acceptors (Lipinski definition) is 9. The summed E-state index contributed by atoms with van der Waals surface area (Å²) in [7, 11) is 0. The summed E-state index contributed by atoms with van der Waals surface area (Å²) in [5, 5.41) is 3.16. The van der Waals surface area contributed by atoms with E-state index in [1.165, 1.54) is 31.7 Å². The maximum Gasteiger partial charge on any atom is 0.270 e. The Morgan fingerprint density at radius 1 is 1.14 bits per heavy atom. The number of hydrogen-bond donors (Lipinski definition) is 3. The first-order valence-corrected chi connectivity index (χ1v) is 11.0. The van der Waals surface area contributed by atoms with Gasteiger partial charge in [0.25, 0.3) is 5.91 Å². The number of anilines is 2. The molecule has 2 amide bonds. The van der Waals surface area contributed by atoms with E-state index in [-0.39, 0.29) is 16.5 Å². The summed E-state index contributed by atoms with van der Waals surface area (Å²) in [5.41, 5.74) is 5.40. The first kappa shape index (κ1) is 23.4. The molecule has 0 aliphatic carbocycles. The van der Waals surface area contributed by atoms with Crippen molar-refractivity contribution >= 4 is 46.1 Å². The topological polar surface area (TPSA) is 142 Å². The van der Waals surface area contributed by atoms with E-state index in [9.17, 15) is 14.0 Å². The number of carbonyl (C=O) groups is 2. The van der Waals surface area contributed by atoms with Crippen LogP contribution in [0.15, 0.2) is 30.9 Å². The van der Waals surface area contributed by atoms with Gasteiger partial charge in [-0.2, -0.15) is 0 Å². The average Bonchev–Trinajstić information content (AvgIpc) is 3.45. The standard InChI is InChI=1S/C21H21ClFN7O5/c1-9(31)28-29-19(32)15-14-16(35-21(2,3)34-14)20(33-15)30-8-26-13-17(24-7-25-18(13)30)27-12-5-4-10(22)6-11(12)23/h4-8,14-16,20H,1-3H3,(H,28,31)(H,29,32)(H,24,25,27)/t14-,15-,16+,20+/m0/s1. The summed E-state index contributed by atoms with van der Waals surface area (Å²) < 4.78 is 33.9. The molecule has 1 aromatic carbocycles. The summed E-state index contributed by atoms with van der Waals surface area (Å²) in [6.07, 6.45) is -0.610. The number of rotatable bonds is 4. The van der Waals surface area contributed by atoms with Gasteiger partial charge in [-0.25, -0.2) is 19.3 Å². The van der Waals surface area contributed by atoms with E-state index in [0.717, 1.165) is 0 Å². The van der Waals surface area contributed by atoms with Gasteiger partial charge in [0, 0.05) is 11.9 Å². The van der Waals surface area contributed by atoms with Crippen molar-refractivity contribution in [1.29, 1.82) is 0 Å². The molecule has 0 saturated carbocycles. The Kier molecular flexibility index (Phi) is 5.79. The molecule has 2 aliphatic rings. The summed E-state index contributed by atoms with van der Waals surface area (Å²) in [6, 6.07) is 4.21. The summed E-state index contributed by atoms with van der Waals surface area (Å²) in [6.45, 7) is 4.71. The Balaban J connectivity index is 1.47. The summed E-state index contributed by atoms with van der Waals surface area (Å²) >= 11 is 5.83. The summed E-state index contributed by atoms with van der Waals surface area (Å²) in [4.78, 5) is 36.8. The normalized spacial score (nSPS) is 24.8. The minimum Gasteiger partial charge on any atom is -0.341 e. The van der Waals surface area contributed by atoms with Gasteiger partial charge in [-0.3, -0.25) is 25.0 Å². The van der Waals surface area contributed by atoms with E-state index in [0.29, 0.717) is 11.2 Å². The van der Waals surface area contributed by atoms with E-state index in [4.69, 9.17) is 25.8 Å². The van der Waals surface area contributed by atoms with Gasteiger partial charge in [0.1, 0.15) is 24.4 Å². The molecule has 0 bridgehead atoms. The minimum atomic E-state index is -1.08. The van der Waals surface area contributed by atoms with Crippen LogP contribution >= 0.6 is 11.6 Å². The SMILES string of the molecule is CC(=O)NNC(=O)[C@H]1O[C@@H](n2cnc3c(Nc4ccc(Cl)cc4F)ncnc32)[C@@H]2OC(C)(C)O[C@H]21. The van der Waals surface area contributed by atoms with Crippen LogP contribution in [-0.2, 0) is 23.8 Å². The van der Waals surface area contributed by atoms with Gasteiger partial charge in [0.15, 0.2) is 35.1 Å². The number of aromatic nitrogens is 4. The highest BCUT2D eigenvalue weighted by Gasteiger charge is 2.58. The van der Waals surface area contributed by atoms with Crippen LogP contribution in [0.25, 0.3) is 11.2 Å². The smallest absolute Gasteiger partial charge is 0.270 e. The number of hydrazine groups is 1. The summed E-state index contributed by atoms with van der Waals surface area (Å²) in [5.74, 6) is -2.32. The first-order valence-electron chi connectivity index (χ1n) is 10.6. The fourth-order valence-electron chi connectivity index (χ4n) is 4.08. The second-order valence-electron chi connectivity index (χ2n) is 8.48. The Morgan fingerprint density at radius 3 is 2.66 bits per heavy atom. The Labute approximate surface area is 203 Å². The lowest BCUT2D eigenvalue weighted by molar-refractivity contribution is -0.197. The van der Waals surface area contributed by atoms with E-state index in [1.807, 2.05) is 0 Å². The van der Waals surface area contributed by atoms with Crippen molar-refractivity contribution < 1.29 is 28.2 Å². The fraction of sp³-hybridized carbons (Fsp3) is 0.381. The number of benzene rings is 1. The fourth-order valence-corrected chi connectivity index (χ4v) is 4.24. The highest BCUT2D eigenvalue weighted by atomic mass is 35.5. The molecule has 3 N–H and O–H groups in total. The van der Waals surface area contributed by atoms with Crippen LogP contribution in [0.3, 0.4) is 0 Å². The second kappa shape index (κ2) is 8.68. The van der Waals surface area contributed by atoms with E-state index >= 15 is 0 Å². The first-order chi connectivity index (χ1) is 16.6. The van der Waals surface area contributed by atoms with Crippen molar-refractivity contribution in [3.63, 3.8) is 0 Å². The Hall–Kier alpha value is -3.39. The molecular formula is C21H21ClFN7O5. The van der Waals surface area contributed by atoms with Crippen LogP contribution in [0.1, 0.15) is 27.0 Å². The van der Waals surface area contributed by atoms with E-state index in [1.54, 1.807) is 24.5 Å². The predicted molar refractivity (Wildman–Crippen MR) is 120 cm³/mol. The van der Waals surface area contributed by atoms with Crippen LogP contribution in [0.4, 0.5) is 15.9 Å². The van der Waals surface area contributed by atoms with Crippen LogP contribution in [0, 0.1) is 5.82 Å². The molecule has 2 aliphatic heterocycles. The number of carbonyl (C=O) groups excluding carboxylic acids is 2. The molecule has 4 atom stereocenters. The maximum absolute atomic E-state index is 14.3. The van der Waals surface area contributed by atoms with Crippen molar-refractivity contribution in [3.8, 4) is 0 Å². The minimum absolute atomic E-state index is 0.158. The maximum atomic E-state index is 14.3. The Bertz CT molecular complexity index is 1320.